The van der Waals surface area contributed by atoms with E-state index in [1.54, 1.807) is 6.92 Å². The quantitative estimate of drug-likeness (QED) is 0.567. The minimum Gasteiger partial charge on any atom is -0.461 e. The van der Waals surface area contributed by atoms with Gasteiger partial charge in [-0.25, -0.2) is 4.79 Å². The number of benzene rings is 1. The molecule has 1 heterocycles. The number of nitrogens with zero attached hydrogens (tertiary/aromatic N) is 1. The summed E-state index contributed by atoms with van der Waals surface area (Å²) in [4.78, 5) is 16.6. The second-order valence-electron chi connectivity index (χ2n) is 4.52. The first kappa shape index (κ1) is 14.5. The molecule has 0 fully saturated rings. The van der Waals surface area contributed by atoms with Crippen molar-refractivity contribution in [2.45, 2.75) is 32.5 Å². The fourth-order valence-electron chi connectivity index (χ4n) is 1.90. The van der Waals surface area contributed by atoms with Crippen molar-refractivity contribution in [2.75, 3.05) is 13.2 Å². The van der Waals surface area contributed by atoms with Crippen LogP contribution in [0.3, 0.4) is 0 Å². The van der Waals surface area contributed by atoms with Gasteiger partial charge in [-0.2, -0.15) is 0 Å². The van der Waals surface area contributed by atoms with Crippen LogP contribution in [0.15, 0.2) is 35.5 Å². The molecule has 1 aliphatic heterocycles. The van der Waals surface area contributed by atoms with Crippen LogP contribution in [0.4, 0.5) is 0 Å². The Morgan fingerprint density at radius 2 is 2.20 bits per heavy atom. The predicted octanol–water partition coefficient (Wildman–Crippen LogP) is 2.30. The van der Waals surface area contributed by atoms with Crippen molar-refractivity contribution in [1.29, 1.82) is 0 Å². The maximum absolute atomic E-state index is 11.4. The summed E-state index contributed by atoms with van der Waals surface area (Å²) in [7, 11) is 0. The van der Waals surface area contributed by atoms with Gasteiger partial charge in [0.1, 0.15) is 6.10 Å². The van der Waals surface area contributed by atoms with Crippen LogP contribution in [0.1, 0.15) is 25.3 Å². The van der Waals surface area contributed by atoms with Gasteiger partial charge < -0.3 is 14.3 Å². The van der Waals surface area contributed by atoms with Crippen LogP contribution in [0.25, 0.3) is 0 Å². The van der Waals surface area contributed by atoms with Crippen LogP contribution < -0.4 is 0 Å². The average molecular weight is 277 g/mol. The number of oxime groups is 1. The minimum absolute atomic E-state index is 0.0924. The Morgan fingerprint density at radius 1 is 1.40 bits per heavy atom. The van der Waals surface area contributed by atoms with Crippen molar-refractivity contribution in [3.05, 3.63) is 35.9 Å². The Balaban J connectivity index is 1.61. The first-order valence-corrected chi connectivity index (χ1v) is 6.81. The molecule has 0 saturated carbocycles. The van der Waals surface area contributed by atoms with Gasteiger partial charge in [-0.05, 0) is 12.5 Å². The molecule has 1 unspecified atom stereocenters. The van der Waals surface area contributed by atoms with Gasteiger partial charge in [-0.15, -0.1) is 0 Å². The number of hydrogen-bond donors (Lipinski definition) is 0. The van der Waals surface area contributed by atoms with Crippen molar-refractivity contribution in [1.82, 2.24) is 0 Å². The maximum Gasteiger partial charge on any atom is 0.356 e. The van der Waals surface area contributed by atoms with Gasteiger partial charge in [0.05, 0.1) is 19.8 Å². The van der Waals surface area contributed by atoms with E-state index in [4.69, 9.17) is 14.3 Å². The molecule has 1 aliphatic rings. The molecular weight excluding hydrogens is 258 g/mol. The van der Waals surface area contributed by atoms with E-state index in [9.17, 15) is 4.79 Å². The standard InChI is InChI=1S/C15H19NO4/c1-2-19-15(17)14-10-13(20-16-14)8-9-18-11-12-6-4-3-5-7-12/h3-7,13H,2,8-11H2,1H3. The number of ether oxygens (including phenoxy) is 2. The Morgan fingerprint density at radius 3 is 2.95 bits per heavy atom. The zero-order chi connectivity index (χ0) is 14.2. The summed E-state index contributed by atoms with van der Waals surface area (Å²) < 4.78 is 10.5. The van der Waals surface area contributed by atoms with E-state index in [-0.39, 0.29) is 12.1 Å². The van der Waals surface area contributed by atoms with E-state index in [2.05, 4.69) is 5.16 Å². The monoisotopic (exact) mass is 277 g/mol. The van der Waals surface area contributed by atoms with E-state index in [1.807, 2.05) is 30.3 Å². The molecule has 0 spiro atoms. The Bertz CT molecular complexity index is 458. The molecule has 0 radical (unpaired) electrons. The van der Waals surface area contributed by atoms with Gasteiger partial charge in [0, 0.05) is 12.8 Å². The van der Waals surface area contributed by atoms with E-state index < -0.39 is 0 Å². The number of esters is 1. The molecular formula is C15H19NO4. The first-order valence-electron chi connectivity index (χ1n) is 6.81. The second-order valence-corrected chi connectivity index (χ2v) is 4.52. The SMILES string of the molecule is CCOC(=O)C1=NOC(CCOCc2ccccc2)C1. The summed E-state index contributed by atoms with van der Waals surface area (Å²) in [5.41, 5.74) is 1.50. The predicted molar refractivity (Wildman–Crippen MR) is 74.3 cm³/mol. The number of carbonyl (C=O) groups excluding carboxylic acids is 1. The zero-order valence-corrected chi connectivity index (χ0v) is 11.6. The minimum atomic E-state index is -0.389. The summed E-state index contributed by atoms with van der Waals surface area (Å²) in [5, 5.41) is 3.76. The Kier molecular flexibility index (Phi) is 5.55. The smallest absolute Gasteiger partial charge is 0.356 e. The molecule has 2 rings (SSSR count). The lowest BCUT2D eigenvalue weighted by atomic mass is 10.1. The summed E-state index contributed by atoms with van der Waals surface area (Å²) in [6.45, 7) is 3.27. The van der Waals surface area contributed by atoms with Crippen LogP contribution in [0, 0.1) is 0 Å². The van der Waals surface area contributed by atoms with Gasteiger partial charge in [-0.1, -0.05) is 35.5 Å². The number of rotatable bonds is 7. The largest absolute Gasteiger partial charge is 0.461 e. The van der Waals surface area contributed by atoms with Crippen LogP contribution >= 0.6 is 0 Å². The van der Waals surface area contributed by atoms with Crippen LogP contribution in [0.5, 0.6) is 0 Å². The van der Waals surface area contributed by atoms with E-state index >= 15 is 0 Å². The van der Waals surface area contributed by atoms with Crippen molar-refractivity contribution in [3.63, 3.8) is 0 Å². The zero-order valence-electron chi connectivity index (χ0n) is 11.6. The molecule has 1 atom stereocenters. The highest BCUT2D eigenvalue weighted by Gasteiger charge is 2.26. The molecule has 108 valence electrons. The van der Waals surface area contributed by atoms with Crippen molar-refractivity contribution in [2.24, 2.45) is 5.16 Å². The van der Waals surface area contributed by atoms with Crippen molar-refractivity contribution < 1.29 is 19.1 Å². The van der Waals surface area contributed by atoms with Crippen LogP contribution in [-0.2, 0) is 25.7 Å². The number of hydrogen-bond acceptors (Lipinski definition) is 5. The molecule has 20 heavy (non-hydrogen) atoms. The molecule has 0 aliphatic carbocycles. The molecule has 0 bridgehead atoms. The lowest BCUT2D eigenvalue weighted by molar-refractivity contribution is -0.135. The average Bonchev–Trinajstić information content (AvgIpc) is 2.94. The topological polar surface area (TPSA) is 57.1 Å². The van der Waals surface area contributed by atoms with Gasteiger partial charge >= 0.3 is 5.97 Å². The van der Waals surface area contributed by atoms with Gasteiger partial charge in [0.15, 0.2) is 5.71 Å². The third kappa shape index (κ3) is 4.35. The Labute approximate surface area is 118 Å². The summed E-state index contributed by atoms with van der Waals surface area (Å²) in [6.07, 6.45) is 1.11. The molecule has 5 nitrogen and oxygen atoms in total. The lowest BCUT2D eigenvalue weighted by Gasteiger charge is -2.08. The Hall–Kier alpha value is -1.88. The van der Waals surface area contributed by atoms with E-state index in [1.165, 1.54) is 0 Å². The number of carbonyl (C=O) groups is 1. The third-order valence-electron chi connectivity index (χ3n) is 2.94. The highest BCUT2D eigenvalue weighted by atomic mass is 16.6. The van der Waals surface area contributed by atoms with Gasteiger partial charge in [0.25, 0.3) is 0 Å². The molecule has 5 heteroatoms. The molecule has 0 amide bonds. The summed E-state index contributed by atoms with van der Waals surface area (Å²) in [6, 6.07) is 9.99. The van der Waals surface area contributed by atoms with Gasteiger partial charge in [0.2, 0.25) is 0 Å². The van der Waals surface area contributed by atoms with Crippen molar-refractivity contribution in [3.8, 4) is 0 Å². The fraction of sp³-hybridized carbons (Fsp3) is 0.467. The van der Waals surface area contributed by atoms with Crippen LogP contribution in [-0.4, -0.2) is 31.0 Å². The molecule has 1 aromatic rings. The second kappa shape index (κ2) is 7.65. The third-order valence-corrected chi connectivity index (χ3v) is 2.94. The van der Waals surface area contributed by atoms with Crippen LogP contribution in [0.2, 0.25) is 0 Å². The lowest BCUT2D eigenvalue weighted by Crippen LogP contribution is -2.19. The molecule has 0 saturated heterocycles. The van der Waals surface area contributed by atoms with Gasteiger partial charge in [-0.3, -0.25) is 0 Å². The molecule has 1 aromatic carbocycles. The highest BCUT2D eigenvalue weighted by molar-refractivity contribution is 6.36. The fourth-order valence-corrected chi connectivity index (χ4v) is 1.90. The highest BCUT2D eigenvalue weighted by Crippen LogP contribution is 2.15. The van der Waals surface area contributed by atoms with E-state index in [0.717, 1.165) is 5.56 Å². The molecule has 0 N–H and O–H groups in total. The van der Waals surface area contributed by atoms with Crippen molar-refractivity contribution >= 4 is 11.7 Å². The normalized spacial score (nSPS) is 17.4. The maximum atomic E-state index is 11.4. The summed E-state index contributed by atoms with van der Waals surface area (Å²) in [5.74, 6) is -0.389. The molecule has 0 aromatic heterocycles. The summed E-state index contributed by atoms with van der Waals surface area (Å²) >= 11 is 0. The van der Waals surface area contributed by atoms with E-state index in [0.29, 0.717) is 38.4 Å². The first-order chi connectivity index (χ1) is 9.79.